The van der Waals surface area contributed by atoms with E-state index >= 15 is 0 Å². The van der Waals surface area contributed by atoms with Crippen molar-refractivity contribution in [3.63, 3.8) is 0 Å². The molecule has 2 rings (SSSR count). The second-order valence-electron chi connectivity index (χ2n) is 4.59. The third-order valence-electron chi connectivity index (χ3n) is 3.15. The predicted octanol–water partition coefficient (Wildman–Crippen LogP) is 2.88. The number of carbonyl (C=O) groups excluding carboxylic acids is 1. The van der Waals surface area contributed by atoms with E-state index < -0.39 is 5.41 Å². The summed E-state index contributed by atoms with van der Waals surface area (Å²) in [6, 6.07) is 9.93. The minimum absolute atomic E-state index is 0.164. The molecule has 3 nitrogen and oxygen atoms in total. The maximum atomic E-state index is 11.8. The van der Waals surface area contributed by atoms with Gasteiger partial charge in [-0.3, -0.25) is 4.79 Å². The third kappa shape index (κ3) is 2.47. The van der Waals surface area contributed by atoms with Crippen molar-refractivity contribution in [1.29, 1.82) is 5.26 Å². The summed E-state index contributed by atoms with van der Waals surface area (Å²) in [7, 11) is 0. The Labute approximate surface area is 101 Å². The number of nitrogens with one attached hydrogen (secondary N) is 1. The van der Waals surface area contributed by atoms with Gasteiger partial charge < -0.3 is 5.32 Å². The lowest BCUT2D eigenvalue weighted by Crippen LogP contribution is -2.22. The van der Waals surface area contributed by atoms with Gasteiger partial charge in [0.1, 0.15) is 5.41 Å². The lowest BCUT2D eigenvalue weighted by atomic mass is 10.1. The van der Waals surface area contributed by atoms with E-state index in [-0.39, 0.29) is 5.91 Å². The number of aryl methyl sites for hydroxylation is 1. The van der Waals surface area contributed by atoms with Crippen LogP contribution in [-0.4, -0.2) is 5.91 Å². The SMILES string of the molecule is CCCc1ccc(NC(=O)C2(C#N)CC2)cc1. The first-order valence-corrected chi connectivity index (χ1v) is 6.02. The molecule has 1 aliphatic carbocycles. The Balaban J connectivity index is 2.00. The molecule has 0 atom stereocenters. The molecular weight excluding hydrogens is 212 g/mol. The van der Waals surface area contributed by atoms with Crippen molar-refractivity contribution in [2.45, 2.75) is 32.6 Å². The second kappa shape index (κ2) is 4.58. The number of amides is 1. The molecule has 0 aromatic heterocycles. The van der Waals surface area contributed by atoms with Crippen LogP contribution in [0.4, 0.5) is 5.69 Å². The van der Waals surface area contributed by atoms with E-state index in [0.29, 0.717) is 12.8 Å². The lowest BCUT2D eigenvalue weighted by molar-refractivity contribution is -0.119. The maximum absolute atomic E-state index is 11.8. The molecule has 88 valence electrons. The molecule has 3 heteroatoms. The number of rotatable bonds is 4. The molecule has 1 fully saturated rings. The molecule has 0 heterocycles. The van der Waals surface area contributed by atoms with E-state index in [2.05, 4.69) is 18.3 Å². The molecule has 1 saturated carbocycles. The zero-order chi connectivity index (χ0) is 12.3. The van der Waals surface area contributed by atoms with Gasteiger partial charge in [0.05, 0.1) is 6.07 Å². The topological polar surface area (TPSA) is 52.9 Å². The van der Waals surface area contributed by atoms with Gasteiger partial charge in [0, 0.05) is 5.69 Å². The third-order valence-corrected chi connectivity index (χ3v) is 3.15. The summed E-state index contributed by atoms with van der Waals surface area (Å²) in [5.41, 5.74) is 1.30. The van der Waals surface area contributed by atoms with E-state index in [1.165, 1.54) is 5.56 Å². The van der Waals surface area contributed by atoms with E-state index in [1.54, 1.807) is 0 Å². The van der Waals surface area contributed by atoms with Gasteiger partial charge in [-0.25, -0.2) is 0 Å². The quantitative estimate of drug-likeness (QED) is 0.861. The largest absolute Gasteiger partial charge is 0.325 e. The summed E-state index contributed by atoms with van der Waals surface area (Å²) in [6.07, 6.45) is 3.53. The molecule has 1 aromatic rings. The van der Waals surface area contributed by atoms with Gasteiger partial charge in [-0.1, -0.05) is 25.5 Å². The van der Waals surface area contributed by atoms with Crippen LogP contribution in [0, 0.1) is 16.7 Å². The van der Waals surface area contributed by atoms with Crippen LogP contribution in [0.1, 0.15) is 31.7 Å². The Hall–Kier alpha value is -1.82. The summed E-state index contributed by atoms with van der Waals surface area (Å²) in [5.74, 6) is -0.164. The Morgan fingerprint density at radius 2 is 2.06 bits per heavy atom. The first-order chi connectivity index (χ1) is 8.20. The predicted molar refractivity (Wildman–Crippen MR) is 66.3 cm³/mol. The van der Waals surface area contributed by atoms with Gasteiger partial charge in [-0.2, -0.15) is 5.26 Å². The highest BCUT2D eigenvalue weighted by atomic mass is 16.2. The molecule has 0 spiro atoms. The van der Waals surface area contributed by atoms with Gasteiger partial charge in [-0.05, 0) is 37.0 Å². The van der Waals surface area contributed by atoms with E-state index in [1.807, 2.05) is 24.3 Å². The molecule has 0 aliphatic heterocycles. The first-order valence-electron chi connectivity index (χ1n) is 6.02. The highest BCUT2D eigenvalue weighted by Gasteiger charge is 2.50. The normalized spacial score (nSPS) is 16.0. The molecule has 1 aromatic carbocycles. The zero-order valence-electron chi connectivity index (χ0n) is 9.99. The van der Waals surface area contributed by atoms with Crippen molar-refractivity contribution >= 4 is 11.6 Å². The second-order valence-corrected chi connectivity index (χ2v) is 4.59. The molecule has 1 amide bonds. The molecule has 0 radical (unpaired) electrons. The Morgan fingerprint density at radius 3 is 2.53 bits per heavy atom. The van der Waals surface area contributed by atoms with E-state index in [9.17, 15) is 4.79 Å². The zero-order valence-corrected chi connectivity index (χ0v) is 9.99. The fourth-order valence-electron chi connectivity index (χ4n) is 1.81. The number of nitriles is 1. The molecule has 1 N–H and O–H groups in total. The fraction of sp³-hybridized carbons (Fsp3) is 0.429. The highest BCUT2D eigenvalue weighted by molar-refractivity contribution is 5.99. The fourth-order valence-corrected chi connectivity index (χ4v) is 1.81. The summed E-state index contributed by atoms with van der Waals surface area (Å²) >= 11 is 0. The van der Waals surface area contributed by atoms with Crippen molar-refractivity contribution in [3.8, 4) is 6.07 Å². The van der Waals surface area contributed by atoms with Crippen molar-refractivity contribution in [2.75, 3.05) is 5.32 Å². The van der Waals surface area contributed by atoms with Gasteiger partial charge >= 0.3 is 0 Å². The smallest absolute Gasteiger partial charge is 0.244 e. The minimum atomic E-state index is -0.748. The number of nitrogens with zero attached hydrogens (tertiary/aromatic N) is 1. The van der Waals surface area contributed by atoms with Crippen LogP contribution in [0.15, 0.2) is 24.3 Å². The molecule has 17 heavy (non-hydrogen) atoms. The van der Waals surface area contributed by atoms with Crippen LogP contribution in [0.5, 0.6) is 0 Å². The van der Waals surface area contributed by atoms with Crippen molar-refractivity contribution < 1.29 is 4.79 Å². The van der Waals surface area contributed by atoms with E-state index in [0.717, 1.165) is 18.5 Å². The van der Waals surface area contributed by atoms with E-state index in [4.69, 9.17) is 5.26 Å². The number of anilines is 1. The Morgan fingerprint density at radius 1 is 1.41 bits per heavy atom. The van der Waals surface area contributed by atoms with Crippen molar-refractivity contribution in [2.24, 2.45) is 5.41 Å². The number of benzene rings is 1. The number of carbonyl (C=O) groups is 1. The van der Waals surface area contributed by atoms with Crippen LogP contribution in [-0.2, 0) is 11.2 Å². The van der Waals surface area contributed by atoms with Crippen LogP contribution in [0.3, 0.4) is 0 Å². The monoisotopic (exact) mass is 228 g/mol. The summed E-state index contributed by atoms with van der Waals surface area (Å²) < 4.78 is 0. The maximum Gasteiger partial charge on any atom is 0.244 e. The van der Waals surface area contributed by atoms with Gasteiger partial charge in [0.2, 0.25) is 5.91 Å². The minimum Gasteiger partial charge on any atom is -0.325 e. The molecule has 1 aliphatic rings. The van der Waals surface area contributed by atoms with Crippen molar-refractivity contribution in [1.82, 2.24) is 0 Å². The number of hydrogen-bond donors (Lipinski definition) is 1. The standard InChI is InChI=1S/C14H16N2O/c1-2-3-11-4-6-12(7-5-11)16-13(17)14(10-15)8-9-14/h4-7H,2-3,8-9H2,1H3,(H,16,17). The number of hydrogen-bond acceptors (Lipinski definition) is 2. The van der Waals surface area contributed by atoms with Gasteiger partial charge in [0.15, 0.2) is 0 Å². The Kier molecular flexibility index (Phi) is 3.14. The Bertz CT molecular complexity index is 452. The van der Waals surface area contributed by atoms with Crippen LogP contribution >= 0.6 is 0 Å². The summed E-state index contributed by atoms with van der Waals surface area (Å²) in [5, 5.41) is 11.7. The summed E-state index contributed by atoms with van der Waals surface area (Å²) in [6.45, 7) is 2.14. The first kappa shape index (κ1) is 11.7. The van der Waals surface area contributed by atoms with Gasteiger partial charge in [-0.15, -0.1) is 0 Å². The van der Waals surface area contributed by atoms with Crippen LogP contribution in [0.2, 0.25) is 0 Å². The van der Waals surface area contributed by atoms with Crippen LogP contribution < -0.4 is 5.32 Å². The molecular formula is C14H16N2O. The molecule has 0 bridgehead atoms. The highest BCUT2D eigenvalue weighted by Crippen LogP contribution is 2.45. The summed E-state index contributed by atoms with van der Waals surface area (Å²) in [4.78, 5) is 11.8. The average Bonchev–Trinajstić information content (AvgIpc) is 3.13. The van der Waals surface area contributed by atoms with Crippen molar-refractivity contribution in [3.05, 3.63) is 29.8 Å². The lowest BCUT2D eigenvalue weighted by Gasteiger charge is -2.08. The molecule has 0 saturated heterocycles. The van der Waals surface area contributed by atoms with Gasteiger partial charge in [0.25, 0.3) is 0 Å². The van der Waals surface area contributed by atoms with Crippen LogP contribution in [0.25, 0.3) is 0 Å². The molecule has 0 unspecified atom stereocenters. The average molecular weight is 228 g/mol.